The molecule has 14 nitrogen and oxygen atoms in total. The molecule has 1 unspecified atom stereocenters. The summed E-state index contributed by atoms with van der Waals surface area (Å²) in [7, 11) is -4.52. The zero-order chi connectivity index (χ0) is 46.9. The third-order valence-electron chi connectivity index (χ3n) is 11.2. The molecule has 3 N–H and O–H groups in total. The first-order valence-corrected chi connectivity index (χ1v) is 23.5. The lowest BCUT2D eigenvalue weighted by molar-refractivity contribution is -0.142. The minimum atomic E-state index is -4.52. The maximum absolute atomic E-state index is 14.7. The van der Waals surface area contributed by atoms with Crippen LogP contribution in [0.25, 0.3) is 11.1 Å². The smallest absolute Gasteiger partial charge is 0.326 e. The fraction of sp³-hybridized carbons (Fsp3) is 0.208. The van der Waals surface area contributed by atoms with Crippen LogP contribution in [0.4, 0.5) is 5.13 Å². The Morgan fingerprint density at radius 2 is 1.62 bits per heavy atom. The highest BCUT2D eigenvalue weighted by Gasteiger charge is 2.43. The molecule has 2 amide bonds. The van der Waals surface area contributed by atoms with Crippen molar-refractivity contribution in [2.24, 2.45) is 0 Å². The maximum Gasteiger partial charge on any atom is 0.326 e. The largest absolute Gasteiger partial charge is 0.489 e. The van der Waals surface area contributed by atoms with Gasteiger partial charge in [-0.25, -0.2) is 18.2 Å². The molecule has 0 fully saturated rings. The number of ether oxygens (including phenoxy) is 2. The Balaban J connectivity index is 1.04. The molecule has 2 aliphatic rings. The number of rotatable bonds is 13. The van der Waals surface area contributed by atoms with Crippen molar-refractivity contribution in [3.63, 3.8) is 0 Å². The molecular weight excluding hydrogens is 926 g/mol. The summed E-state index contributed by atoms with van der Waals surface area (Å²) < 4.78 is 42.3. The number of hydrogen-bond acceptors (Lipinski definition) is 11. The number of aliphatic carboxylic acids is 1. The Labute approximate surface area is 393 Å². The highest BCUT2D eigenvalue weighted by Crippen LogP contribution is 2.40. The molecule has 6 aromatic rings. The standard InChI is InChI=1S/C48H39Cl2N5O9S2/c1-26-47(65-48(52-26)53-27(2)56)66(61,62)55-24-36-22-43-35(21-42(57)44(64-43)33-12-14-37(15-13-33)63-25-30-7-16-38(49)39(50)17-30)19-34(36)20-41(55)45(58)54-40(46(59)60)18-28-3-8-31(9-4-28)32-10-5-29(23-51)6-11-32/h3-17,19,22,40-41,44H,18,20-21,24-25H2,1-2H3,(H,54,58)(H,59,60)(H,52,53,56)/t40-,41-,44?/m0/s1. The van der Waals surface area contributed by atoms with Crippen LogP contribution in [0, 0.1) is 18.3 Å². The van der Waals surface area contributed by atoms with Crippen molar-refractivity contribution in [3.05, 3.63) is 158 Å². The van der Waals surface area contributed by atoms with Crippen LogP contribution < -0.4 is 20.1 Å². The molecule has 1 aromatic heterocycles. The Morgan fingerprint density at radius 1 is 0.939 bits per heavy atom. The molecule has 3 atom stereocenters. The number of sulfonamides is 1. The molecule has 0 aliphatic carbocycles. The first kappa shape index (κ1) is 45.9. The van der Waals surface area contributed by atoms with Crippen molar-refractivity contribution in [1.82, 2.24) is 14.6 Å². The van der Waals surface area contributed by atoms with Gasteiger partial charge in [0.25, 0.3) is 10.0 Å². The van der Waals surface area contributed by atoms with Gasteiger partial charge >= 0.3 is 5.97 Å². The van der Waals surface area contributed by atoms with Gasteiger partial charge in [0.15, 0.2) is 21.2 Å². The van der Waals surface area contributed by atoms with Gasteiger partial charge in [0, 0.05) is 37.4 Å². The zero-order valence-corrected chi connectivity index (χ0v) is 38.4. The Morgan fingerprint density at radius 3 is 2.27 bits per heavy atom. The molecule has 0 saturated heterocycles. The summed E-state index contributed by atoms with van der Waals surface area (Å²) in [5.74, 6) is -1.92. The number of benzene rings is 5. The number of carbonyl (C=O) groups is 4. The molecule has 0 spiro atoms. The number of anilines is 1. The summed E-state index contributed by atoms with van der Waals surface area (Å²) in [5, 5.41) is 25.5. The van der Waals surface area contributed by atoms with E-state index >= 15 is 0 Å². The second-order valence-electron chi connectivity index (χ2n) is 15.8. The molecule has 8 rings (SSSR count). The number of fused-ring (bicyclic) bond motifs is 2. The summed E-state index contributed by atoms with van der Waals surface area (Å²) in [6, 6.07) is 28.9. The quantitative estimate of drug-likeness (QED) is 0.101. The van der Waals surface area contributed by atoms with Crippen LogP contribution in [-0.4, -0.2) is 58.5 Å². The number of aromatic nitrogens is 1. The minimum absolute atomic E-state index is 0.00122. The van der Waals surface area contributed by atoms with Crippen LogP contribution in [0.5, 0.6) is 11.5 Å². The van der Waals surface area contributed by atoms with Crippen molar-refractivity contribution in [3.8, 4) is 28.7 Å². The van der Waals surface area contributed by atoms with E-state index in [0.717, 1.165) is 32.3 Å². The number of nitrogens with zero attached hydrogens (tertiary/aromatic N) is 3. The van der Waals surface area contributed by atoms with Crippen LogP contribution >= 0.6 is 34.5 Å². The van der Waals surface area contributed by atoms with Crippen LogP contribution in [-0.2, 0) is 61.6 Å². The van der Waals surface area contributed by atoms with Crippen molar-refractivity contribution in [1.29, 1.82) is 5.26 Å². The summed E-state index contributed by atoms with van der Waals surface area (Å²) in [4.78, 5) is 56.7. The molecular formula is C48H39Cl2N5O9S2. The lowest BCUT2D eigenvalue weighted by atomic mass is 9.89. The summed E-state index contributed by atoms with van der Waals surface area (Å²) in [6.45, 7) is 2.67. The predicted molar refractivity (Wildman–Crippen MR) is 247 cm³/mol. The van der Waals surface area contributed by atoms with Gasteiger partial charge in [0.1, 0.15) is 30.2 Å². The van der Waals surface area contributed by atoms with E-state index in [1.165, 1.54) is 13.8 Å². The van der Waals surface area contributed by atoms with Crippen molar-refractivity contribution in [2.75, 3.05) is 5.32 Å². The molecule has 3 heterocycles. The van der Waals surface area contributed by atoms with Gasteiger partial charge in [-0.05, 0) is 89.2 Å². The van der Waals surface area contributed by atoms with Crippen LogP contribution in [0.2, 0.25) is 10.0 Å². The number of carbonyl (C=O) groups excluding carboxylic acids is 3. The van der Waals surface area contributed by atoms with E-state index in [1.807, 2.05) is 0 Å². The molecule has 0 saturated carbocycles. The molecule has 5 aromatic carbocycles. The van der Waals surface area contributed by atoms with Gasteiger partial charge in [-0.1, -0.05) is 95.2 Å². The van der Waals surface area contributed by atoms with Crippen molar-refractivity contribution >= 4 is 73.3 Å². The van der Waals surface area contributed by atoms with Crippen LogP contribution in [0.1, 0.15) is 57.7 Å². The number of Topliss-reactive ketones (excluding diaryl/α,β-unsaturated/α-hetero) is 1. The monoisotopic (exact) mass is 963 g/mol. The average molecular weight is 965 g/mol. The molecule has 66 heavy (non-hydrogen) atoms. The SMILES string of the molecule is CC(=O)Nc1nc(C)c(S(=O)(=O)N2Cc3cc4c(cc3C[C@H]2C(=O)N[C@@H](Cc2ccc(-c3ccc(C#N)cc3)cc2)C(=O)O)CC(=O)C(c2ccc(OCc3ccc(Cl)c(Cl)c3)cc2)O4)s1. The second kappa shape index (κ2) is 19.1. The number of nitrogens with one attached hydrogen (secondary N) is 2. The van der Waals surface area contributed by atoms with Gasteiger partial charge in [0.2, 0.25) is 11.8 Å². The van der Waals surface area contributed by atoms with E-state index in [1.54, 1.807) is 103 Å². The predicted octanol–water partition coefficient (Wildman–Crippen LogP) is 8.01. The van der Waals surface area contributed by atoms with Crippen LogP contribution in [0.15, 0.2) is 107 Å². The number of hydrogen-bond donors (Lipinski definition) is 3. The fourth-order valence-corrected chi connectivity index (χ4v) is 11.3. The number of thiazole rings is 1. The number of halogens is 2. The Kier molecular flexibility index (Phi) is 13.3. The highest BCUT2D eigenvalue weighted by molar-refractivity contribution is 7.91. The van der Waals surface area contributed by atoms with E-state index < -0.39 is 46.0 Å². The number of nitriles is 1. The van der Waals surface area contributed by atoms with Gasteiger partial charge in [0.05, 0.1) is 27.4 Å². The van der Waals surface area contributed by atoms with Gasteiger partial charge in [-0.15, -0.1) is 0 Å². The molecule has 18 heteroatoms. The Hall–Kier alpha value is -6.61. The van der Waals surface area contributed by atoms with E-state index in [2.05, 4.69) is 21.7 Å². The molecule has 2 aliphatic heterocycles. The second-order valence-corrected chi connectivity index (χ2v) is 19.7. The lowest BCUT2D eigenvalue weighted by Crippen LogP contribution is -2.55. The molecule has 0 bridgehead atoms. The summed E-state index contributed by atoms with van der Waals surface area (Å²) in [6.07, 6.45) is -1.23. The van der Waals surface area contributed by atoms with E-state index in [9.17, 15) is 32.7 Å². The topological polar surface area (TPSA) is 205 Å². The molecule has 336 valence electrons. The molecule has 0 radical (unpaired) electrons. The van der Waals surface area contributed by atoms with E-state index in [-0.39, 0.29) is 53.2 Å². The van der Waals surface area contributed by atoms with Crippen LogP contribution in [0.3, 0.4) is 0 Å². The van der Waals surface area contributed by atoms with Crippen molar-refractivity contribution < 1.29 is 42.2 Å². The number of ketones is 1. The fourth-order valence-electron chi connectivity index (χ4n) is 7.84. The zero-order valence-electron chi connectivity index (χ0n) is 35.2. The third-order valence-corrected chi connectivity index (χ3v) is 15.4. The maximum atomic E-state index is 14.7. The summed E-state index contributed by atoms with van der Waals surface area (Å²) >= 11 is 12.9. The highest BCUT2D eigenvalue weighted by atomic mass is 35.5. The van der Waals surface area contributed by atoms with Gasteiger partial charge in [-0.3, -0.25) is 14.4 Å². The first-order valence-electron chi connectivity index (χ1n) is 20.5. The lowest BCUT2D eigenvalue weighted by Gasteiger charge is -2.36. The van der Waals surface area contributed by atoms with E-state index in [4.69, 9.17) is 37.9 Å². The average Bonchev–Trinajstić information content (AvgIpc) is 3.67. The number of aryl methyl sites for hydroxylation is 1. The Bertz CT molecular complexity index is 3050. The number of amides is 2. The van der Waals surface area contributed by atoms with Gasteiger partial charge in [-0.2, -0.15) is 9.57 Å². The van der Waals surface area contributed by atoms with Gasteiger partial charge < -0.3 is 25.2 Å². The normalized spacial score (nSPS) is 16.2. The minimum Gasteiger partial charge on any atom is -0.489 e. The number of carboxylic acids is 1. The van der Waals surface area contributed by atoms with E-state index in [0.29, 0.717) is 54.9 Å². The summed E-state index contributed by atoms with van der Waals surface area (Å²) in [5.41, 5.74) is 5.96. The van der Waals surface area contributed by atoms with Crippen molar-refractivity contribution in [2.45, 2.75) is 68.7 Å². The first-order chi connectivity index (χ1) is 31.6. The number of carboxylic acid groups (broad SMARTS) is 1. The third kappa shape index (κ3) is 9.96.